The van der Waals surface area contributed by atoms with Crippen LogP contribution in [0.15, 0.2) is 60.7 Å². The topological polar surface area (TPSA) is 72.8 Å². The highest BCUT2D eigenvalue weighted by Gasteiger charge is 2.77. The SMILES string of the molecule is C[C@@H]1C2CC(C(F)(F)C(F)(F)S(=O)(=O)O)C1C1OC(c3ccccc3)(c3ccccc3)OC12. The molecule has 0 radical (unpaired) electrons. The maximum absolute atomic E-state index is 14.9. The Kier molecular flexibility index (Phi) is 5.00. The smallest absolute Gasteiger partial charge is 0.336 e. The van der Waals surface area contributed by atoms with Crippen LogP contribution in [0.2, 0.25) is 0 Å². The number of rotatable bonds is 5. The van der Waals surface area contributed by atoms with Crippen molar-refractivity contribution in [1.82, 2.24) is 0 Å². The molecule has 2 aromatic rings. The van der Waals surface area contributed by atoms with Gasteiger partial charge in [-0.1, -0.05) is 67.6 Å². The first-order valence-corrected chi connectivity index (χ1v) is 12.0. The lowest BCUT2D eigenvalue weighted by Gasteiger charge is -2.37. The van der Waals surface area contributed by atoms with Crippen LogP contribution in [-0.2, 0) is 25.4 Å². The van der Waals surface area contributed by atoms with Gasteiger partial charge in [0, 0.05) is 17.0 Å². The van der Waals surface area contributed by atoms with Crippen molar-refractivity contribution < 1.29 is 40.0 Å². The molecule has 1 aliphatic heterocycles. The summed E-state index contributed by atoms with van der Waals surface area (Å²) in [5.74, 6) is -10.5. The maximum atomic E-state index is 14.9. The second-order valence-corrected chi connectivity index (χ2v) is 10.5. The minimum Gasteiger partial charge on any atom is -0.336 e. The van der Waals surface area contributed by atoms with Gasteiger partial charge in [0.2, 0.25) is 5.79 Å². The fraction of sp³-hybridized carbons (Fsp3) is 0.478. The highest BCUT2D eigenvalue weighted by atomic mass is 32.2. The zero-order valence-electron chi connectivity index (χ0n) is 17.4. The van der Waals surface area contributed by atoms with Crippen molar-refractivity contribution in [3.8, 4) is 0 Å². The predicted octanol–water partition coefficient (Wildman–Crippen LogP) is 4.69. The molecule has 1 saturated heterocycles. The third kappa shape index (κ3) is 3.03. The molecular formula is C23H22F4O5S. The Morgan fingerprint density at radius 1 is 0.909 bits per heavy atom. The van der Waals surface area contributed by atoms with Crippen LogP contribution in [0.3, 0.4) is 0 Å². The van der Waals surface area contributed by atoms with E-state index in [1.807, 2.05) is 0 Å². The monoisotopic (exact) mass is 486 g/mol. The van der Waals surface area contributed by atoms with E-state index in [-0.39, 0.29) is 6.42 Å². The molecule has 5 rings (SSSR count). The summed E-state index contributed by atoms with van der Waals surface area (Å²) in [7, 11) is -6.32. The van der Waals surface area contributed by atoms with E-state index in [9.17, 15) is 26.0 Å². The zero-order valence-corrected chi connectivity index (χ0v) is 18.3. The van der Waals surface area contributed by atoms with Crippen LogP contribution in [0.4, 0.5) is 17.6 Å². The molecule has 1 heterocycles. The quantitative estimate of drug-likeness (QED) is 0.491. The number of hydrogen-bond acceptors (Lipinski definition) is 4. The highest BCUT2D eigenvalue weighted by molar-refractivity contribution is 7.87. The van der Waals surface area contributed by atoms with Gasteiger partial charge in [0.05, 0.1) is 12.2 Å². The first kappa shape index (κ1) is 22.8. The molecule has 5 nitrogen and oxygen atoms in total. The number of alkyl halides is 4. The van der Waals surface area contributed by atoms with Crippen LogP contribution in [-0.4, -0.2) is 36.4 Å². The first-order valence-electron chi connectivity index (χ1n) is 10.6. The van der Waals surface area contributed by atoms with E-state index in [1.54, 1.807) is 67.6 Å². The lowest BCUT2D eigenvalue weighted by molar-refractivity contribution is -0.214. The van der Waals surface area contributed by atoms with Crippen LogP contribution in [0.5, 0.6) is 0 Å². The molecule has 33 heavy (non-hydrogen) atoms. The third-order valence-electron chi connectivity index (χ3n) is 7.49. The van der Waals surface area contributed by atoms with Crippen LogP contribution < -0.4 is 0 Å². The minimum absolute atomic E-state index is 0.367. The van der Waals surface area contributed by atoms with Crippen molar-refractivity contribution in [1.29, 1.82) is 0 Å². The molecule has 6 atom stereocenters. The molecule has 1 N–H and O–H groups in total. The second kappa shape index (κ2) is 7.24. The van der Waals surface area contributed by atoms with Crippen molar-refractivity contribution in [3.05, 3.63) is 71.8 Å². The lowest BCUT2D eigenvalue weighted by Crippen LogP contribution is -2.55. The van der Waals surface area contributed by atoms with Crippen molar-refractivity contribution in [3.63, 3.8) is 0 Å². The van der Waals surface area contributed by atoms with E-state index in [0.717, 1.165) is 0 Å². The van der Waals surface area contributed by atoms with Gasteiger partial charge in [0.15, 0.2) is 0 Å². The van der Waals surface area contributed by atoms with Gasteiger partial charge < -0.3 is 9.47 Å². The van der Waals surface area contributed by atoms with Gasteiger partial charge in [-0.15, -0.1) is 0 Å². The van der Waals surface area contributed by atoms with Gasteiger partial charge in [-0.2, -0.15) is 26.0 Å². The highest BCUT2D eigenvalue weighted by Crippen LogP contribution is 2.65. The largest absolute Gasteiger partial charge is 0.431 e. The Bertz CT molecular complexity index is 1100. The minimum atomic E-state index is -6.32. The zero-order chi connectivity index (χ0) is 23.8. The molecule has 2 saturated carbocycles. The van der Waals surface area contributed by atoms with E-state index in [2.05, 4.69) is 0 Å². The molecule has 0 aromatic heterocycles. The Balaban J connectivity index is 1.56. The van der Waals surface area contributed by atoms with Gasteiger partial charge in [-0.3, -0.25) is 4.55 Å². The van der Waals surface area contributed by atoms with E-state index in [4.69, 9.17) is 14.0 Å². The number of hydrogen-bond donors (Lipinski definition) is 1. The molecule has 178 valence electrons. The molecule has 2 bridgehead atoms. The van der Waals surface area contributed by atoms with Crippen molar-refractivity contribution in [2.24, 2.45) is 23.7 Å². The summed E-state index contributed by atoms with van der Waals surface area (Å²) in [4.78, 5) is 0. The summed E-state index contributed by atoms with van der Waals surface area (Å²) < 4.78 is 102. The standard InChI is InChI=1S/C23H22F4O5S/c1-13-16-12-17(22(24,25)23(26,27)33(28,29)30)18(13)20-19(16)31-21(32-20,14-8-4-2-5-9-14)15-10-6-3-7-11-15/h2-11,13,16-20H,12H2,1H3,(H,28,29,30)/t13-,16?,17?,18?,19?,20?/m1/s1. The van der Waals surface area contributed by atoms with E-state index < -0.39 is 63.0 Å². The van der Waals surface area contributed by atoms with Gasteiger partial charge in [-0.25, -0.2) is 0 Å². The third-order valence-corrected chi connectivity index (χ3v) is 8.41. The Morgan fingerprint density at radius 3 is 1.88 bits per heavy atom. The Hall–Kier alpha value is -2.01. The van der Waals surface area contributed by atoms with Crippen molar-refractivity contribution in [2.75, 3.05) is 0 Å². The predicted molar refractivity (Wildman–Crippen MR) is 109 cm³/mol. The van der Waals surface area contributed by atoms with Crippen molar-refractivity contribution >= 4 is 10.1 Å². The summed E-state index contributed by atoms with van der Waals surface area (Å²) in [6.45, 7) is 1.66. The molecule has 3 fully saturated rings. The number of halogens is 4. The normalized spacial score (nSPS) is 33.3. The van der Waals surface area contributed by atoms with E-state index in [0.29, 0.717) is 11.1 Å². The van der Waals surface area contributed by atoms with Gasteiger partial charge in [0.25, 0.3) is 0 Å². The van der Waals surface area contributed by atoms with Crippen LogP contribution in [0, 0.1) is 23.7 Å². The number of benzene rings is 2. The molecule has 10 heteroatoms. The molecule has 5 unspecified atom stereocenters. The lowest BCUT2D eigenvalue weighted by atomic mass is 9.80. The van der Waals surface area contributed by atoms with Gasteiger partial charge in [0.1, 0.15) is 0 Å². The first-order chi connectivity index (χ1) is 15.4. The summed E-state index contributed by atoms with van der Waals surface area (Å²) in [5, 5.41) is -5.61. The molecule has 2 aliphatic carbocycles. The van der Waals surface area contributed by atoms with Gasteiger partial charge in [-0.05, 0) is 24.2 Å². The van der Waals surface area contributed by atoms with E-state index >= 15 is 0 Å². The van der Waals surface area contributed by atoms with E-state index in [1.165, 1.54) is 0 Å². The maximum Gasteiger partial charge on any atom is 0.431 e. The Morgan fingerprint density at radius 2 is 1.39 bits per heavy atom. The fourth-order valence-corrected chi connectivity index (χ4v) is 6.48. The number of ether oxygens (including phenoxy) is 2. The van der Waals surface area contributed by atoms with Crippen LogP contribution >= 0.6 is 0 Å². The summed E-state index contributed by atoms with van der Waals surface area (Å²) in [5.41, 5.74) is 1.26. The van der Waals surface area contributed by atoms with Gasteiger partial charge >= 0.3 is 21.3 Å². The van der Waals surface area contributed by atoms with Crippen LogP contribution in [0.1, 0.15) is 24.5 Å². The van der Waals surface area contributed by atoms with Crippen molar-refractivity contribution in [2.45, 2.75) is 42.5 Å². The summed E-state index contributed by atoms with van der Waals surface area (Å²) >= 11 is 0. The average molecular weight is 486 g/mol. The molecule has 3 aliphatic rings. The fourth-order valence-electron chi connectivity index (χ4n) is 5.98. The molecule has 0 spiro atoms. The average Bonchev–Trinajstić information content (AvgIpc) is 3.41. The Labute approximate surface area is 188 Å². The molecule has 0 amide bonds. The summed E-state index contributed by atoms with van der Waals surface area (Å²) in [6, 6.07) is 17.8. The molecular weight excluding hydrogens is 464 g/mol. The molecule has 2 aromatic carbocycles. The summed E-state index contributed by atoms with van der Waals surface area (Å²) in [6.07, 6.45) is -1.95. The number of fused-ring (bicyclic) bond motifs is 5. The van der Waals surface area contributed by atoms with Crippen LogP contribution in [0.25, 0.3) is 0 Å². The second-order valence-electron chi connectivity index (χ2n) is 9.07.